The number of amides is 1. The van der Waals surface area contributed by atoms with E-state index in [0.717, 1.165) is 39.1 Å². The summed E-state index contributed by atoms with van der Waals surface area (Å²) in [4.78, 5) is 14.1. The van der Waals surface area contributed by atoms with E-state index in [4.69, 9.17) is 16.3 Å². The molecule has 0 aliphatic carbocycles. The van der Waals surface area contributed by atoms with Crippen LogP contribution in [0.3, 0.4) is 0 Å². The molecule has 1 amide bonds. The normalized spacial score (nSPS) is 15.7. The first-order valence-corrected chi connectivity index (χ1v) is 7.70. The highest BCUT2D eigenvalue weighted by Crippen LogP contribution is 2.22. The molecule has 0 radical (unpaired) electrons. The van der Waals surface area contributed by atoms with Gasteiger partial charge in [-0.05, 0) is 25.1 Å². The van der Waals surface area contributed by atoms with Gasteiger partial charge in [-0.15, -0.1) is 0 Å². The van der Waals surface area contributed by atoms with Gasteiger partial charge >= 0.3 is 0 Å². The van der Waals surface area contributed by atoms with Crippen molar-refractivity contribution in [1.29, 1.82) is 0 Å². The fourth-order valence-electron chi connectivity index (χ4n) is 2.22. The molecule has 0 unspecified atom stereocenters. The summed E-state index contributed by atoms with van der Waals surface area (Å²) in [5, 5.41) is 6.70. The van der Waals surface area contributed by atoms with Crippen LogP contribution in [0.5, 0.6) is 5.75 Å². The monoisotopic (exact) mass is 311 g/mol. The first-order valence-electron chi connectivity index (χ1n) is 7.33. The maximum atomic E-state index is 11.7. The highest BCUT2D eigenvalue weighted by Gasteiger charge is 2.09. The third kappa shape index (κ3) is 5.91. The summed E-state index contributed by atoms with van der Waals surface area (Å²) in [6, 6.07) is 7.14. The quantitative estimate of drug-likeness (QED) is 0.741. The third-order valence-corrected chi connectivity index (χ3v) is 3.69. The summed E-state index contributed by atoms with van der Waals surface area (Å²) in [5.41, 5.74) is 0. The third-order valence-electron chi connectivity index (χ3n) is 3.38. The van der Waals surface area contributed by atoms with Crippen molar-refractivity contribution in [3.8, 4) is 5.75 Å². The number of piperazine rings is 1. The number of para-hydroxylation sites is 1. The number of halogens is 1. The Labute approximate surface area is 130 Å². The van der Waals surface area contributed by atoms with Crippen LogP contribution >= 0.6 is 11.6 Å². The molecule has 5 nitrogen and oxygen atoms in total. The van der Waals surface area contributed by atoms with Gasteiger partial charge in [0.05, 0.1) is 5.02 Å². The smallest absolute Gasteiger partial charge is 0.257 e. The van der Waals surface area contributed by atoms with Crippen LogP contribution in [0.2, 0.25) is 5.02 Å². The van der Waals surface area contributed by atoms with Crippen molar-refractivity contribution < 1.29 is 9.53 Å². The average molecular weight is 312 g/mol. The largest absolute Gasteiger partial charge is 0.482 e. The van der Waals surface area contributed by atoms with E-state index >= 15 is 0 Å². The minimum atomic E-state index is -0.116. The van der Waals surface area contributed by atoms with Gasteiger partial charge in [0.15, 0.2) is 6.61 Å². The number of rotatable bonds is 7. The molecular weight excluding hydrogens is 290 g/mol. The Balaban J connectivity index is 1.56. The Morgan fingerprint density at radius 3 is 2.86 bits per heavy atom. The summed E-state index contributed by atoms with van der Waals surface area (Å²) in [5.74, 6) is 0.422. The van der Waals surface area contributed by atoms with E-state index in [-0.39, 0.29) is 12.5 Å². The number of benzene rings is 1. The van der Waals surface area contributed by atoms with Crippen molar-refractivity contribution in [2.24, 2.45) is 0 Å². The lowest BCUT2D eigenvalue weighted by Crippen LogP contribution is -2.44. The van der Waals surface area contributed by atoms with E-state index in [9.17, 15) is 4.79 Å². The molecule has 0 atom stereocenters. The molecule has 1 aromatic rings. The molecule has 1 aromatic carbocycles. The van der Waals surface area contributed by atoms with Gasteiger partial charge in [0.25, 0.3) is 5.91 Å². The number of carbonyl (C=O) groups excluding carboxylic acids is 1. The minimum Gasteiger partial charge on any atom is -0.482 e. The lowest BCUT2D eigenvalue weighted by atomic mass is 10.3. The van der Waals surface area contributed by atoms with Crippen LogP contribution in [0.15, 0.2) is 24.3 Å². The molecule has 6 heteroatoms. The molecule has 0 bridgehead atoms. The van der Waals surface area contributed by atoms with Gasteiger partial charge in [-0.25, -0.2) is 0 Å². The van der Waals surface area contributed by atoms with Crippen LogP contribution in [-0.4, -0.2) is 56.7 Å². The first-order chi connectivity index (χ1) is 10.3. The van der Waals surface area contributed by atoms with Crippen molar-refractivity contribution in [3.63, 3.8) is 0 Å². The summed E-state index contributed by atoms with van der Waals surface area (Å²) in [6.45, 7) is 5.97. The van der Waals surface area contributed by atoms with Crippen LogP contribution in [0, 0.1) is 0 Å². The molecule has 1 fully saturated rings. The fourth-order valence-corrected chi connectivity index (χ4v) is 2.41. The standard InChI is InChI=1S/C15H22ClN3O2/c16-13-4-1-2-5-14(13)21-12-15(20)18-6-3-9-19-10-7-17-8-11-19/h1-2,4-5,17H,3,6-12H2,(H,18,20). The molecule has 21 heavy (non-hydrogen) atoms. The molecule has 2 N–H and O–H groups in total. The van der Waals surface area contributed by atoms with Gasteiger partial charge in [-0.3, -0.25) is 4.79 Å². The van der Waals surface area contributed by atoms with Crippen LogP contribution in [0.25, 0.3) is 0 Å². The maximum Gasteiger partial charge on any atom is 0.257 e. The van der Waals surface area contributed by atoms with Crippen molar-refractivity contribution in [2.75, 3.05) is 45.9 Å². The van der Waals surface area contributed by atoms with Crippen molar-refractivity contribution in [2.45, 2.75) is 6.42 Å². The van der Waals surface area contributed by atoms with Crippen molar-refractivity contribution >= 4 is 17.5 Å². The van der Waals surface area contributed by atoms with Gasteiger partial charge < -0.3 is 20.3 Å². The number of hydrogen-bond acceptors (Lipinski definition) is 4. The Kier molecular flexibility index (Phi) is 6.79. The second kappa shape index (κ2) is 8.87. The summed E-state index contributed by atoms with van der Waals surface area (Å²) in [6.07, 6.45) is 0.956. The number of nitrogens with one attached hydrogen (secondary N) is 2. The number of ether oxygens (including phenoxy) is 1. The predicted octanol–water partition coefficient (Wildman–Crippen LogP) is 1.13. The molecule has 2 rings (SSSR count). The van der Waals surface area contributed by atoms with Gasteiger partial charge in [-0.2, -0.15) is 0 Å². The van der Waals surface area contributed by atoms with E-state index in [0.29, 0.717) is 17.3 Å². The van der Waals surface area contributed by atoms with E-state index in [1.807, 2.05) is 12.1 Å². The Bertz CT molecular complexity index is 450. The molecule has 1 aliphatic rings. The van der Waals surface area contributed by atoms with E-state index < -0.39 is 0 Å². The van der Waals surface area contributed by atoms with Gasteiger partial charge in [0.1, 0.15) is 5.75 Å². The van der Waals surface area contributed by atoms with Gasteiger partial charge in [0.2, 0.25) is 0 Å². The Morgan fingerprint density at radius 2 is 2.10 bits per heavy atom. The molecule has 1 aliphatic heterocycles. The van der Waals surface area contributed by atoms with Crippen LogP contribution in [0.1, 0.15) is 6.42 Å². The van der Waals surface area contributed by atoms with E-state index in [1.54, 1.807) is 12.1 Å². The van der Waals surface area contributed by atoms with Gasteiger partial charge in [-0.1, -0.05) is 23.7 Å². The van der Waals surface area contributed by atoms with Crippen molar-refractivity contribution in [3.05, 3.63) is 29.3 Å². The highest BCUT2D eigenvalue weighted by molar-refractivity contribution is 6.32. The molecular formula is C15H22ClN3O2. The first kappa shape index (κ1) is 16.1. The molecule has 116 valence electrons. The average Bonchev–Trinajstić information content (AvgIpc) is 2.52. The topological polar surface area (TPSA) is 53.6 Å². The van der Waals surface area contributed by atoms with E-state index in [2.05, 4.69) is 15.5 Å². The minimum absolute atomic E-state index is 0.00261. The second-order valence-electron chi connectivity index (χ2n) is 5.01. The summed E-state index contributed by atoms with van der Waals surface area (Å²) < 4.78 is 5.38. The number of carbonyl (C=O) groups is 1. The molecule has 0 aromatic heterocycles. The Hall–Kier alpha value is -1.30. The predicted molar refractivity (Wildman–Crippen MR) is 83.9 cm³/mol. The van der Waals surface area contributed by atoms with E-state index in [1.165, 1.54) is 0 Å². The summed E-state index contributed by atoms with van der Waals surface area (Å²) >= 11 is 5.95. The maximum absolute atomic E-state index is 11.7. The van der Waals surface area contributed by atoms with Crippen LogP contribution in [0.4, 0.5) is 0 Å². The summed E-state index contributed by atoms with van der Waals surface area (Å²) in [7, 11) is 0. The van der Waals surface area contributed by atoms with Gasteiger partial charge in [0, 0.05) is 32.7 Å². The zero-order valence-electron chi connectivity index (χ0n) is 12.1. The lowest BCUT2D eigenvalue weighted by Gasteiger charge is -2.27. The zero-order chi connectivity index (χ0) is 14.9. The highest BCUT2D eigenvalue weighted by atomic mass is 35.5. The molecule has 0 saturated carbocycles. The molecule has 1 heterocycles. The SMILES string of the molecule is O=C(COc1ccccc1Cl)NCCCN1CCNCC1. The molecule has 0 spiro atoms. The van der Waals surface area contributed by atoms with Crippen LogP contribution in [-0.2, 0) is 4.79 Å². The zero-order valence-corrected chi connectivity index (χ0v) is 12.9. The lowest BCUT2D eigenvalue weighted by molar-refractivity contribution is -0.123. The fraction of sp³-hybridized carbons (Fsp3) is 0.533. The Morgan fingerprint density at radius 1 is 1.33 bits per heavy atom. The van der Waals surface area contributed by atoms with Crippen LogP contribution < -0.4 is 15.4 Å². The van der Waals surface area contributed by atoms with Crippen molar-refractivity contribution in [1.82, 2.24) is 15.5 Å². The second-order valence-corrected chi connectivity index (χ2v) is 5.42. The molecule has 1 saturated heterocycles. The number of nitrogens with zero attached hydrogens (tertiary/aromatic N) is 1. The number of hydrogen-bond donors (Lipinski definition) is 2.